The zero-order valence-electron chi connectivity index (χ0n) is 12.1. The van der Waals surface area contributed by atoms with E-state index in [1.807, 2.05) is 23.9 Å². The number of nitrogens with two attached hydrogens (primary N) is 1. The summed E-state index contributed by atoms with van der Waals surface area (Å²) in [4.78, 5) is 0. The van der Waals surface area contributed by atoms with Crippen LogP contribution < -0.4 is 15.2 Å². The second-order valence-corrected chi connectivity index (χ2v) is 6.95. The van der Waals surface area contributed by atoms with Crippen molar-refractivity contribution >= 4 is 11.8 Å². The van der Waals surface area contributed by atoms with Crippen molar-refractivity contribution in [2.24, 2.45) is 5.73 Å². The first-order chi connectivity index (χ1) is 9.73. The molecule has 1 saturated carbocycles. The van der Waals surface area contributed by atoms with Gasteiger partial charge in [0.15, 0.2) is 11.5 Å². The number of rotatable bonds is 4. The Hall–Kier alpha value is -0.870. The van der Waals surface area contributed by atoms with E-state index in [0.717, 1.165) is 42.1 Å². The minimum absolute atomic E-state index is 0.217. The molecule has 1 aromatic rings. The van der Waals surface area contributed by atoms with Gasteiger partial charge in [-0.2, -0.15) is 11.8 Å². The topological polar surface area (TPSA) is 44.5 Å². The Labute approximate surface area is 125 Å². The van der Waals surface area contributed by atoms with Crippen molar-refractivity contribution in [3.63, 3.8) is 0 Å². The van der Waals surface area contributed by atoms with Crippen molar-refractivity contribution in [1.29, 1.82) is 0 Å². The van der Waals surface area contributed by atoms with E-state index in [9.17, 15) is 0 Å². The van der Waals surface area contributed by atoms with Gasteiger partial charge in [-0.05, 0) is 43.9 Å². The molecule has 3 nitrogen and oxygen atoms in total. The highest BCUT2D eigenvalue weighted by atomic mass is 32.2. The highest BCUT2D eigenvalue weighted by Gasteiger charge is 2.38. The summed E-state index contributed by atoms with van der Waals surface area (Å²) in [6.07, 6.45) is 5.92. The minimum atomic E-state index is -0.217. The van der Waals surface area contributed by atoms with Gasteiger partial charge in [0.25, 0.3) is 0 Å². The fourth-order valence-electron chi connectivity index (χ4n) is 2.99. The molecule has 1 aliphatic heterocycles. The smallest absolute Gasteiger partial charge is 0.166 e. The molecular weight excluding hydrogens is 270 g/mol. The molecule has 1 aromatic carbocycles. The lowest BCUT2D eigenvalue weighted by molar-refractivity contribution is 0.183. The quantitative estimate of drug-likeness (QED) is 0.925. The maximum Gasteiger partial charge on any atom is 0.166 e. The zero-order chi connectivity index (χ0) is 14.0. The normalized spacial score (nSPS) is 24.8. The summed E-state index contributed by atoms with van der Waals surface area (Å²) in [6.45, 7) is 0. The van der Waals surface area contributed by atoms with Crippen LogP contribution in [-0.2, 0) is 5.54 Å². The molecule has 2 N–H and O–H groups in total. The molecule has 1 aliphatic carbocycles. The van der Waals surface area contributed by atoms with E-state index in [1.54, 1.807) is 7.11 Å². The average molecular weight is 293 g/mol. The van der Waals surface area contributed by atoms with E-state index in [4.69, 9.17) is 15.2 Å². The molecule has 4 heteroatoms. The van der Waals surface area contributed by atoms with Gasteiger partial charge in [-0.3, -0.25) is 0 Å². The molecule has 0 bridgehead atoms. The Bertz CT molecular complexity index is 468. The lowest BCUT2D eigenvalue weighted by atomic mass is 9.72. The standard InChI is InChI=1S/C16H23NO2S/c1-18-14-7-2-6-13(16(17)8-4-9-16)15(14)19-12-5-3-10-20-11-12/h2,6-7,12H,3-5,8-11,17H2,1H3. The number of hydrogen-bond acceptors (Lipinski definition) is 4. The van der Waals surface area contributed by atoms with Gasteiger partial charge in [0, 0.05) is 16.9 Å². The number of methoxy groups -OCH3 is 1. The third kappa shape index (κ3) is 2.63. The van der Waals surface area contributed by atoms with Crippen LogP contribution in [0.4, 0.5) is 0 Å². The van der Waals surface area contributed by atoms with Gasteiger partial charge >= 0.3 is 0 Å². The predicted octanol–water partition coefficient (Wildman–Crippen LogP) is 3.31. The largest absolute Gasteiger partial charge is 0.493 e. The lowest BCUT2D eigenvalue weighted by Crippen LogP contribution is -2.43. The fourth-order valence-corrected chi connectivity index (χ4v) is 4.02. The van der Waals surface area contributed by atoms with Crippen LogP contribution in [0.2, 0.25) is 0 Å². The number of hydrogen-bond donors (Lipinski definition) is 1. The molecule has 1 saturated heterocycles. The van der Waals surface area contributed by atoms with Crippen molar-refractivity contribution in [1.82, 2.24) is 0 Å². The van der Waals surface area contributed by atoms with E-state index in [1.165, 1.54) is 18.6 Å². The van der Waals surface area contributed by atoms with Gasteiger partial charge in [0.05, 0.1) is 7.11 Å². The van der Waals surface area contributed by atoms with Crippen LogP contribution in [0.5, 0.6) is 11.5 Å². The fraction of sp³-hybridized carbons (Fsp3) is 0.625. The van der Waals surface area contributed by atoms with Gasteiger partial charge in [-0.15, -0.1) is 0 Å². The van der Waals surface area contributed by atoms with E-state index < -0.39 is 0 Å². The number of para-hydroxylation sites is 1. The van der Waals surface area contributed by atoms with Crippen LogP contribution in [0.15, 0.2) is 18.2 Å². The Kier molecular flexibility index (Phi) is 4.13. The SMILES string of the molecule is COc1cccc(C2(N)CCC2)c1OC1CCCSC1. The second kappa shape index (κ2) is 5.86. The van der Waals surface area contributed by atoms with Crippen LogP contribution in [0.1, 0.15) is 37.7 Å². The van der Waals surface area contributed by atoms with Crippen LogP contribution in [0.25, 0.3) is 0 Å². The van der Waals surface area contributed by atoms with Crippen LogP contribution in [0, 0.1) is 0 Å². The number of thioether (sulfide) groups is 1. The monoisotopic (exact) mass is 293 g/mol. The summed E-state index contributed by atoms with van der Waals surface area (Å²) in [7, 11) is 1.70. The Morgan fingerprint density at radius 3 is 2.75 bits per heavy atom. The minimum Gasteiger partial charge on any atom is -0.493 e. The van der Waals surface area contributed by atoms with E-state index in [-0.39, 0.29) is 11.6 Å². The summed E-state index contributed by atoms with van der Waals surface area (Å²) >= 11 is 1.97. The molecule has 2 aliphatic rings. The maximum absolute atomic E-state index is 6.51. The molecule has 0 amide bonds. The molecule has 2 fully saturated rings. The summed E-state index contributed by atoms with van der Waals surface area (Å²) < 4.78 is 11.8. The third-order valence-electron chi connectivity index (χ3n) is 4.38. The first-order valence-electron chi connectivity index (χ1n) is 7.44. The molecule has 1 unspecified atom stereocenters. The van der Waals surface area contributed by atoms with Crippen LogP contribution >= 0.6 is 11.8 Å². The third-order valence-corrected chi connectivity index (χ3v) is 5.57. The Balaban J connectivity index is 1.89. The van der Waals surface area contributed by atoms with Crippen molar-refractivity contribution in [3.8, 4) is 11.5 Å². The van der Waals surface area contributed by atoms with Gasteiger partial charge in [-0.25, -0.2) is 0 Å². The van der Waals surface area contributed by atoms with E-state index in [0.29, 0.717) is 0 Å². The van der Waals surface area contributed by atoms with Crippen molar-refractivity contribution in [2.45, 2.75) is 43.7 Å². The number of benzene rings is 1. The molecule has 0 aromatic heterocycles. The van der Waals surface area contributed by atoms with Crippen LogP contribution in [0.3, 0.4) is 0 Å². The molecule has 0 radical (unpaired) electrons. The average Bonchev–Trinajstić information content (AvgIpc) is 2.46. The lowest BCUT2D eigenvalue weighted by Gasteiger charge is -2.40. The highest BCUT2D eigenvalue weighted by Crippen LogP contribution is 2.46. The first kappa shape index (κ1) is 14.1. The molecule has 110 valence electrons. The van der Waals surface area contributed by atoms with E-state index >= 15 is 0 Å². The van der Waals surface area contributed by atoms with Gasteiger partial charge in [0.1, 0.15) is 6.10 Å². The highest BCUT2D eigenvalue weighted by molar-refractivity contribution is 7.99. The molecule has 20 heavy (non-hydrogen) atoms. The second-order valence-electron chi connectivity index (χ2n) is 5.80. The molecule has 3 rings (SSSR count). The predicted molar refractivity (Wildman–Crippen MR) is 83.7 cm³/mol. The summed E-state index contributed by atoms with van der Waals surface area (Å²) in [5.74, 6) is 4.01. The first-order valence-corrected chi connectivity index (χ1v) is 8.59. The number of ether oxygens (including phenoxy) is 2. The Morgan fingerprint density at radius 2 is 2.15 bits per heavy atom. The molecule has 0 spiro atoms. The Morgan fingerprint density at radius 1 is 1.30 bits per heavy atom. The molecule has 1 heterocycles. The van der Waals surface area contributed by atoms with Crippen molar-refractivity contribution in [3.05, 3.63) is 23.8 Å². The summed E-state index contributed by atoms with van der Waals surface area (Å²) in [5.41, 5.74) is 7.42. The zero-order valence-corrected chi connectivity index (χ0v) is 12.9. The van der Waals surface area contributed by atoms with Crippen LogP contribution in [-0.4, -0.2) is 24.7 Å². The van der Waals surface area contributed by atoms with Crippen molar-refractivity contribution < 1.29 is 9.47 Å². The summed E-state index contributed by atoms with van der Waals surface area (Å²) in [6, 6.07) is 6.09. The van der Waals surface area contributed by atoms with Crippen molar-refractivity contribution in [2.75, 3.05) is 18.6 Å². The van der Waals surface area contributed by atoms with Gasteiger partial charge < -0.3 is 15.2 Å². The van der Waals surface area contributed by atoms with Gasteiger partial charge in [-0.1, -0.05) is 12.1 Å². The van der Waals surface area contributed by atoms with E-state index in [2.05, 4.69) is 6.07 Å². The summed E-state index contributed by atoms with van der Waals surface area (Å²) in [5, 5.41) is 0. The molecule has 1 atom stereocenters. The van der Waals surface area contributed by atoms with Gasteiger partial charge in [0.2, 0.25) is 0 Å². The molecular formula is C16H23NO2S. The maximum atomic E-state index is 6.51.